The summed E-state index contributed by atoms with van der Waals surface area (Å²) in [6.45, 7) is 6.53. The highest BCUT2D eigenvalue weighted by atomic mass is 16.4. The van der Waals surface area contributed by atoms with Gasteiger partial charge in [0.1, 0.15) is 0 Å². The zero-order chi connectivity index (χ0) is 14.0. The normalized spacial score (nSPS) is 10.5. The molecule has 0 unspecified atom stereocenters. The summed E-state index contributed by atoms with van der Waals surface area (Å²) in [7, 11) is 0. The van der Waals surface area contributed by atoms with Gasteiger partial charge >= 0.3 is 5.97 Å². The average Bonchev–Trinajstić information content (AvgIpc) is 2.51. The topological polar surface area (TPSA) is 99.3 Å². The van der Waals surface area contributed by atoms with Crippen LogP contribution >= 0.6 is 0 Å². The molecule has 3 N–H and O–H groups in total. The second-order valence-electron chi connectivity index (χ2n) is 4.39. The van der Waals surface area contributed by atoms with E-state index < -0.39 is 17.7 Å². The van der Waals surface area contributed by atoms with Crippen LogP contribution < -0.4 is 5.32 Å². The number of hydrogen-bond donors (Lipinski definition) is 3. The minimum Gasteiger partial charge on any atom is -0.478 e. The highest BCUT2D eigenvalue weighted by molar-refractivity contribution is 6.42. The molecule has 0 aliphatic heterocycles. The van der Waals surface area contributed by atoms with Gasteiger partial charge < -0.3 is 15.4 Å². The van der Waals surface area contributed by atoms with Crippen molar-refractivity contribution in [3.63, 3.8) is 0 Å². The highest BCUT2D eigenvalue weighted by Gasteiger charge is 2.25. The van der Waals surface area contributed by atoms with E-state index in [0.717, 1.165) is 0 Å². The van der Waals surface area contributed by atoms with Gasteiger partial charge in [0, 0.05) is 11.7 Å². The van der Waals surface area contributed by atoms with Crippen LogP contribution in [0.3, 0.4) is 0 Å². The summed E-state index contributed by atoms with van der Waals surface area (Å²) in [5.74, 6) is -2.62. The van der Waals surface area contributed by atoms with Crippen molar-refractivity contribution in [1.29, 1.82) is 0 Å². The molecule has 0 atom stereocenters. The fourth-order valence-electron chi connectivity index (χ4n) is 1.74. The molecule has 1 aromatic rings. The van der Waals surface area contributed by atoms with Crippen molar-refractivity contribution in [1.82, 2.24) is 10.3 Å². The molecule has 0 aromatic carbocycles. The van der Waals surface area contributed by atoms with Crippen molar-refractivity contribution in [2.45, 2.75) is 33.7 Å². The molecule has 6 heteroatoms. The number of aromatic amines is 1. The Bertz CT molecular complexity index is 514. The van der Waals surface area contributed by atoms with E-state index in [0.29, 0.717) is 5.69 Å². The monoisotopic (exact) mass is 252 g/mol. The number of carbonyl (C=O) groups is 3. The summed E-state index contributed by atoms with van der Waals surface area (Å²) in [5, 5.41) is 11.5. The predicted molar refractivity (Wildman–Crippen MR) is 64.8 cm³/mol. The number of carboxylic acid groups (broad SMARTS) is 1. The SMILES string of the molecule is Cc1[nH]c(C(=O)C(=O)NC(C)C)c(C)c1C(=O)O. The van der Waals surface area contributed by atoms with E-state index in [1.165, 1.54) is 6.92 Å². The number of aromatic nitrogens is 1. The van der Waals surface area contributed by atoms with Crippen molar-refractivity contribution < 1.29 is 19.5 Å². The summed E-state index contributed by atoms with van der Waals surface area (Å²) >= 11 is 0. The van der Waals surface area contributed by atoms with Crippen molar-refractivity contribution >= 4 is 17.7 Å². The first-order valence-corrected chi connectivity index (χ1v) is 5.53. The lowest BCUT2D eigenvalue weighted by molar-refractivity contribution is -0.117. The first kappa shape index (κ1) is 14.0. The summed E-state index contributed by atoms with van der Waals surface area (Å²) in [4.78, 5) is 37.1. The van der Waals surface area contributed by atoms with Crippen LogP contribution in [-0.2, 0) is 4.79 Å². The van der Waals surface area contributed by atoms with Crippen LogP contribution in [0.15, 0.2) is 0 Å². The van der Waals surface area contributed by atoms with E-state index >= 15 is 0 Å². The minimum absolute atomic E-state index is 0.0306. The Morgan fingerprint density at radius 3 is 2.17 bits per heavy atom. The maximum absolute atomic E-state index is 11.9. The molecular weight excluding hydrogens is 236 g/mol. The number of carboxylic acids is 1. The first-order chi connectivity index (χ1) is 8.25. The number of aryl methyl sites for hydroxylation is 1. The van der Waals surface area contributed by atoms with E-state index in [1.54, 1.807) is 20.8 Å². The van der Waals surface area contributed by atoms with Gasteiger partial charge in [0.15, 0.2) is 0 Å². The van der Waals surface area contributed by atoms with Gasteiger partial charge in [-0.2, -0.15) is 0 Å². The van der Waals surface area contributed by atoms with E-state index in [-0.39, 0.29) is 22.9 Å². The second kappa shape index (κ2) is 5.03. The number of amides is 1. The van der Waals surface area contributed by atoms with Gasteiger partial charge in [0.25, 0.3) is 11.7 Å². The molecule has 1 amide bonds. The Balaban J connectivity index is 3.12. The maximum atomic E-state index is 11.9. The van der Waals surface area contributed by atoms with Gasteiger partial charge in [-0.1, -0.05) is 0 Å². The lowest BCUT2D eigenvalue weighted by Crippen LogP contribution is -2.36. The van der Waals surface area contributed by atoms with Crippen molar-refractivity contribution in [3.8, 4) is 0 Å². The third-order valence-electron chi connectivity index (χ3n) is 2.50. The summed E-state index contributed by atoms with van der Waals surface area (Å²) in [5.41, 5.74) is 0.711. The number of ketones is 1. The van der Waals surface area contributed by atoms with Crippen LogP contribution in [0.25, 0.3) is 0 Å². The largest absolute Gasteiger partial charge is 0.478 e. The Morgan fingerprint density at radius 1 is 1.22 bits per heavy atom. The lowest BCUT2D eigenvalue weighted by atomic mass is 10.1. The molecule has 0 fully saturated rings. The van der Waals surface area contributed by atoms with Gasteiger partial charge in [-0.3, -0.25) is 9.59 Å². The van der Waals surface area contributed by atoms with Crippen molar-refractivity contribution in [2.24, 2.45) is 0 Å². The molecular formula is C12H16N2O4. The first-order valence-electron chi connectivity index (χ1n) is 5.53. The number of nitrogens with one attached hydrogen (secondary N) is 2. The van der Waals surface area contributed by atoms with Gasteiger partial charge in [-0.25, -0.2) is 4.79 Å². The van der Waals surface area contributed by atoms with E-state index in [1.807, 2.05) is 0 Å². The van der Waals surface area contributed by atoms with Crippen LogP contribution in [0, 0.1) is 13.8 Å². The lowest BCUT2D eigenvalue weighted by Gasteiger charge is -2.06. The third-order valence-corrected chi connectivity index (χ3v) is 2.50. The summed E-state index contributed by atoms with van der Waals surface area (Å²) in [6.07, 6.45) is 0. The second-order valence-corrected chi connectivity index (χ2v) is 4.39. The van der Waals surface area contributed by atoms with Crippen LogP contribution in [0.1, 0.15) is 46.0 Å². The molecule has 0 bridgehead atoms. The molecule has 0 saturated carbocycles. The van der Waals surface area contributed by atoms with Crippen LogP contribution in [0.2, 0.25) is 0 Å². The Morgan fingerprint density at radius 2 is 1.78 bits per heavy atom. The smallest absolute Gasteiger partial charge is 0.337 e. The molecule has 0 spiro atoms. The molecule has 0 radical (unpaired) electrons. The predicted octanol–water partition coefficient (Wildman–Crippen LogP) is 1.04. The fourth-order valence-corrected chi connectivity index (χ4v) is 1.74. The third kappa shape index (κ3) is 2.58. The van der Waals surface area contributed by atoms with Crippen molar-refractivity contribution in [2.75, 3.05) is 0 Å². The number of rotatable bonds is 4. The molecule has 98 valence electrons. The molecule has 1 heterocycles. The number of H-pyrrole nitrogens is 1. The zero-order valence-electron chi connectivity index (χ0n) is 10.7. The van der Waals surface area contributed by atoms with Gasteiger partial charge in [0.05, 0.1) is 11.3 Å². The molecule has 18 heavy (non-hydrogen) atoms. The Hall–Kier alpha value is -2.11. The maximum Gasteiger partial charge on any atom is 0.337 e. The number of aromatic carboxylic acids is 1. The van der Waals surface area contributed by atoms with Gasteiger partial charge in [-0.15, -0.1) is 0 Å². The average molecular weight is 252 g/mol. The van der Waals surface area contributed by atoms with Crippen LogP contribution in [-0.4, -0.2) is 33.8 Å². The van der Waals surface area contributed by atoms with Crippen LogP contribution in [0.5, 0.6) is 0 Å². The van der Waals surface area contributed by atoms with Gasteiger partial charge in [-0.05, 0) is 33.3 Å². The quantitative estimate of drug-likeness (QED) is 0.550. The Kier molecular flexibility index (Phi) is 3.90. The molecule has 6 nitrogen and oxygen atoms in total. The minimum atomic E-state index is -1.12. The summed E-state index contributed by atoms with van der Waals surface area (Å²) < 4.78 is 0. The number of hydrogen-bond acceptors (Lipinski definition) is 3. The van der Waals surface area contributed by atoms with E-state index in [9.17, 15) is 14.4 Å². The molecule has 0 saturated heterocycles. The van der Waals surface area contributed by atoms with Gasteiger partial charge in [0.2, 0.25) is 0 Å². The van der Waals surface area contributed by atoms with Crippen LogP contribution in [0.4, 0.5) is 0 Å². The van der Waals surface area contributed by atoms with Crippen molar-refractivity contribution in [3.05, 3.63) is 22.5 Å². The standard InChI is InChI=1S/C12H16N2O4/c1-5(2)13-11(16)10(15)9-6(3)8(12(17)18)7(4)14-9/h5,14H,1-4H3,(H,13,16)(H,17,18). The zero-order valence-corrected chi connectivity index (χ0v) is 10.7. The molecule has 0 aliphatic rings. The molecule has 0 aliphatic carbocycles. The highest BCUT2D eigenvalue weighted by Crippen LogP contribution is 2.18. The fraction of sp³-hybridized carbons (Fsp3) is 0.417. The number of carbonyl (C=O) groups excluding carboxylic acids is 2. The van der Waals surface area contributed by atoms with E-state index in [2.05, 4.69) is 10.3 Å². The Labute approximate surface area is 104 Å². The summed E-state index contributed by atoms with van der Waals surface area (Å²) in [6, 6.07) is -0.156. The molecule has 1 aromatic heterocycles. The molecule has 1 rings (SSSR count). The van der Waals surface area contributed by atoms with E-state index in [4.69, 9.17) is 5.11 Å². The number of Topliss-reactive ketones (excluding diaryl/α,β-unsaturated/α-hetero) is 1.